The first kappa shape index (κ1) is 14.3. The summed E-state index contributed by atoms with van der Waals surface area (Å²) < 4.78 is 40.1. The third-order valence-corrected chi connectivity index (χ3v) is 4.10. The van der Waals surface area contributed by atoms with E-state index in [1.807, 2.05) is 6.92 Å². The third kappa shape index (κ3) is 2.90. The summed E-state index contributed by atoms with van der Waals surface area (Å²) in [4.78, 5) is -0.569. The molecule has 0 amide bonds. The summed E-state index contributed by atoms with van der Waals surface area (Å²) in [6, 6.07) is 5.28. The van der Waals surface area contributed by atoms with Gasteiger partial charge in [0.2, 0.25) is 0 Å². The van der Waals surface area contributed by atoms with Crippen molar-refractivity contribution in [2.45, 2.75) is 24.7 Å². The number of nitrogens with zero attached hydrogens (tertiary/aromatic N) is 1. The van der Waals surface area contributed by atoms with Crippen LogP contribution in [0.5, 0.6) is 0 Å². The Hall–Kier alpha value is -2.09. The zero-order valence-corrected chi connectivity index (χ0v) is 11.7. The molecule has 8 heteroatoms. The highest BCUT2D eigenvalue weighted by Gasteiger charge is 2.23. The maximum Gasteiger partial charge on any atom is 0.268 e. The van der Waals surface area contributed by atoms with Crippen molar-refractivity contribution in [3.8, 4) is 0 Å². The molecule has 0 aliphatic heterocycles. The monoisotopic (exact) mass is 298 g/mol. The van der Waals surface area contributed by atoms with Gasteiger partial charge in [0, 0.05) is 11.8 Å². The number of nitrogens with one attached hydrogen (secondary N) is 2. The average molecular weight is 298 g/mol. The first-order chi connectivity index (χ1) is 9.44. The average Bonchev–Trinajstić information content (AvgIpc) is 2.75. The summed E-state index contributed by atoms with van der Waals surface area (Å²) in [5, 5.41) is 6.53. The fourth-order valence-corrected chi connectivity index (χ4v) is 2.99. The molecule has 1 aromatic carbocycles. The Morgan fingerprint density at radius 3 is 2.85 bits per heavy atom. The molecule has 0 saturated heterocycles. The predicted octanol–water partition coefficient (Wildman–Crippen LogP) is 1.88. The Kier molecular flexibility index (Phi) is 3.93. The number of hydrogen-bond donors (Lipinski definition) is 3. The number of nitrogens with two attached hydrogens (primary N) is 1. The lowest BCUT2D eigenvalue weighted by Gasteiger charge is -2.08. The summed E-state index contributed by atoms with van der Waals surface area (Å²) >= 11 is 0. The third-order valence-electron chi connectivity index (χ3n) is 2.66. The standard InChI is InChI=1S/C12H15FN4O2S/c1-2-4-8-7-11(16-15-8)17-20(18,19)12-9(13)5-3-6-10(12)14/h3,5-7H,2,4,14H2,1H3,(H2,15,16,17). The van der Waals surface area contributed by atoms with Crippen LogP contribution in [0, 0.1) is 5.82 Å². The fraction of sp³-hybridized carbons (Fsp3) is 0.250. The Balaban J connectivity index is 2.31. The van der Waals surface area contributed by atoms with E-state index in [1.165, 1.54) is 12.1 Å². The second-order valence-electron chi connectivity index (χ2n) is 4.29. The van der Waals surface area contributed by atoms with E-state index in [4.69, 9.17) is 5.73 Å². The van der Waals surface area contributed by atoms with E-state index in [0.717, 1.165) is 24.6 Å². The molecule has 2 aromatic rings. The fourth-order valence-electron chi connectivity index (χ4n) is 1.81. The molecule has 0 spiro atoms. The summed E-state index contributed by atoms with van der Waals surface area (Å²) in [5.74, 6) is -0.794. The van der Waals surface area contributed by atoms with E-state index in [9.17, 15) is 12.8 Å². The number of anilines is 2. The number of H-pyrrole nitrogens is 1. The van der Waals surface area contributed by atoms with Crippen LogP contribution >= 0.6 is 0 Å². The van der Waals surface area contributed by atoms with Crippen molar-refractivity contribution in [3.05, 3.63) is 35.8 Å². The second-order valence-corrected chi connectivity index (χ2v) is 5.91. The lowest BCUT2D eigenvalue weighted by molar-refractivity contribution is 0.571. The molecule has 1 heterocycles. The lowest BCUT2D eigenvalue weighted by atomic mass is 10.2. The van der Waals surface area contributed by atoms with Gasteiger partial charge in [-0.2, -0.15) is 5.10 Å². The number of aromatic amines is 1. The molecule has 1 aromatic heterocycles. The number of rotatable bonds is 5. The minimum Gasteiger partial charge on any atom is -0.398 e. The summed E-state index contributed by atoms with van der Waals surface area (Å²) in [7, 11) is -4.11. The maximum atomic E-state index is 13.6. The molecule has 4 N–H and O–H groups in total. The number of benzene rings is 1. The van der Waals surface area contributed by atoms with Crippen LogP contribution < -0.4 is 10.5 Å². The van der Waals surface area contributed by atoms with Gasteiger partial charge in [0.1, 0.15) is 10.7 Å². The minimum absolute atomic E-state index is 0.108. The van der Waals surface area contributed by atoms with E-state index in [-0.39, 0.29) is 11.5 Å². The molecule has 0 radical (unpaired) electrons. The Morgan fingerprint density at radius 1 is 1.45 bits per heavy atom. The zero-order valence-electron chi connectivity index (χ0n) is 10.9. The Bertz CT molecular complexity index is 692. The summed E-state index contributed by atoms with van der Waals surface area (Å²) in [6.45, 7) is 1.99. The van der Waals surface area contributed by atoms with Crippen molar-refractivity contribution >= 4 is 21.5 Å². The molecule has 6 nitrogen and oxygen atoms in total. The predicted molar refractivity (Wildman–Crippen MR) is 74.2 cm³/mol. The first-order valence-electron chi connectivity index (χ1n) is 6.05. The van der Waals surface area contributed by atoms with Crippen LogP contribution in [0.3, 0.4) is 0 Å². The lowest BCUT2D eigenvalue weighted by Crippen LogP contribution is -2.16. The van der Waals surface area contributed by atoms with Gasteiger partial charge in [0.15, 0.2) is 5.82 Å². The van der Waals surface area contributed by atoms with E-state index in [2.05, 4.69) is 14.9 Å². The number of halogens is 1. The van der Waals surface area contributed by atoms with Gasteiger partial charge < -0.3 is 5.73 Å². The van der Waals surface area contributed by atoms with Crippen molar-refractivity contribution in [3.63, 3.8) is 0 Å². The van der Waals surface area contributed by atoms with Crippen LogP contribution in [0.25, 0.3) is 0 Å². The van der Waals surface area contributed by atoms with Crippen molar-refractivity contribution in [2.24, 2.45) is 0 Å². The Morgan fingerprint density at radius 2 is 2.20 bits per heavy atom. The molecule has 0 fully saturated rings. The van der Waals surface area contributed by atoms with E-state index < -0.39 is 20.7 Å². The van der Waals surface area contributed by atoms with Gasteiger partial charge in [-0.05, 0) is 18.6 Å². The van der Waals surface area contributed by atoms with Crippen molar-refractivity contribution in [2.75, 3.05) is 10.5 Å². The van der Waals surface area contributed by atoms with Gasteiger partial charge in [-0.15, -0.1) is 0 Å². The first-order valence-corrected chi connectivity index (χ1v) is 7.53. The molecule has 0 bridgehead atoms. The normalized spacial score (nSPS) is 11.5. The van der Waals surface area contributed by atoms with Crippen LogP contribution in [0.1, 0.15) is 19.0 Å². The molecular formula is C12H15FN4O2S. The van der Waals surface area contributed by atoms with Crippen LogP contribution in [0.2, 0.25) is 0 Å². The van der Waals surface area contributed by atoms with Crippen molar-refractivity contribution in [1.82, 2.24) is 10.2 Å². The number of hydrogen-bond acceptors (Lipinski definition) is 4. The summed E-state index contributed by atoms with van der Waals surface area (Å²) in [6.07, 6.45) is 1.64. The molecule has 0 saturated carbocycles. The van der Waals surface area contributed by atoms with E-state index in [1.54, 1.807) is 6.07 Å². The van der Waals surface area contributed by atoms with E-state index >= 15 is 0 Å². The van der Waals surface area contributed by atoms with Gasteiger partial charge in [-0.1, -0.05) is 19.4 Å². The second kappa shape index (κ2) is 5.49. The van der Waals surface area contributed by atoms with Gasteiger partial charge in [0.25, 0.3) is 10.0 Å². The van der Waals surface area contributed by atoms with Gasteiger partial charge in [-0.25, -0.2) is 12.8 Å². The van der Waals surface area contributed by atoms with Gasteiger partial charge in [0.05, 0.1) is 5.69 Å². The molecule has 108 valence electrons. The van der Waals surface area contributed by atoms with Crippen LogP contribution in [-0.4, -0.2) is 18.6 Å². The molecule has 2 rings (SSSR count). The molecule has 0 aliphatic rings. The largest absolute Gasteiger partial charge is 0.398 e. The molecular weight excluding hydrogens is 283 g/mol. The number of aromatic nitrogens is 2. The van der Waals surface area contributed by atoms with Gasteiger partial charge in [-0.3, -0.25) is 9.82 Å². The van der Waals surface area contributed by atoms with E-state index in [0.29, 0.717) is 0 Å². The molecule has 0 unspecified atom stereocenters. The van der Waals surface area contributed by atoms with Crippen molar-refractivity contribution in [1.29, 1.82) is 0 Å². The highest BCUT2D eigenvalue weighted by molar-refractivity contribution is 7.92. The highest BCUT2D eigenvalue weighted by Crippen LogP contribution is 2.23. The number of nitrogen functional groups attached to an aromatic ring is 1. The van der Waals surface area contributed by atoms with Crippen molar-refractivity contribution < 1.29 is 12.8 Å². The van der Waals surface area contributed by atoms with Crippen LogP contribution in [0.15, 0.2) is 29.2 Å². The molecule has 20 heavy (non-hydrogen) atoms. The number of aryl methyl sites for hydroxylation is 1. The zero-order chi connectivity index (χ0) is 14.8. The van der Waals surface area contributed by atoms with Gasteiger partial charge >= 0.3 is 0 Å². The highest BCUT2D eigenvalue weighted by atomic mass is 32.2. The maximum absolute atomic E-state index is 13.6. The smallest absolute Gasteiger partial charge is 0.268 e. The molecule has 0 aliphatic carbocycles. The number of sulfonamides is 1. The van der Waals surface area contributed by atoms with Crippen LogP contribution in [0.4, 0.5) is 15.9 Å². The van der Waals surface area contributed by atoms with Crippen LogP contribution in [-0.2, 0) is 16.4 Å². The Labute approximate surface area is 116 Å². The quantitative estimate of drug-likeness (QED) is 0.734. The SMILES string of the molecule is CCCc1cc(NS(=O)(=O)c2c(N)cccc2F)n[nH]1. The minimum atomic E-state index is -4.11. The topological polar surface area (TPSA) is 101 Å². The molecule has 0 atom stereocenters. The summed E-state index contributed by atoms with van der Waals surface area (Å²) in [5.41, 5.74) is 6.17.